The highest BCUT2D eigenvalue weighted by Crippen LogP contribution is 2.24. The fourth-order valence-corrected chi connectivity index (χ4v) is 3.66. The molecular formula is C26H21ClN6O3. The van der Waals surface area contributed by atoms with Crippen LogP contribution in [0.4, 0.5) is 16.2 Å². The number of benzene rings is 3. The Morgan fingerprint density at radius 3 is 2.58 bits per heavy atom. The first-order chi connectivity index (χ1) is 17.6. The van der Waals surface area contributed by atoms with Crippen molar-refractivity contribution in [3.05, 3.63) is 95.9 Å². The van der Waals surface area contributed by atoms with Crippen LogP contribution in [0.1, 0.15) is 5.56 Å². The monoisotopic (exact) mass is 500 g/mol. The Kier molecular flexibility index (Phi) is 6.63. The lowest BCUT2D eigenvalue weighted by molar-refractivity contribution is 0.262. The highest BCUT2D eigenvalue weighted by Gasteiger charge is 2.13. The van der Waals surface area contributed by atoms with Gasteiger partial charge in [-0.25, -0.2) is 9.78 Å². The van der Waals surface area contributed by atoms with Crippen LogP contribution in [0.5, 0.6) is 5.75 Å². The summed E-state index contributed by atoms with van der Waals surface area (Å²) in [4.78, 5) is 21.2. The third-order valence-corrected chi connectivity index (χ3v) is 5.56. The first kappa shape index (κ1) is 23.1. The molecule has 0 aliphatic heterocycles. The standard InChI is InChI=1S/C26H21ClN6O3/c1-35-23-5-3-2-4-21(23)30-26(34)29-20-12-6-17(7-13-20)14-33-15-22(28-16-33)25-31-24(32-36-25)18-8-10-19(27)11-9-18/h2-13,15-16H,14H2,1H3,(H2,29,30,34). The minimum atomic E-state index is -0.357. The summed E-state index contributed by atoms with van der Waals surface area (Å²) in [7, 11) is 1.56. The molecule has 0 aliphatic carbocycles. The van der Waals surface area contributed by atoms with E-state index in [0.29, 0.717) is 46.1 Å². The smallest absolute Gasteiger partial charge is 0.323 e. The van der Waals surface area contributed by atoms with E-state index in [-0.39, 0.29) is 6.03 Å². The molecule has 0 bridgehead atoms. The molecular weight excluding hydrogens is 480 g/mol. The maximum absolute atomic E-state index is 12.4. The van der Waals surface area contributed by atoms with Gasteiger partial charge in [0.25, 0.3) is 5.89 Å². The van der Waals surface area contributed by atoms with Gasteiger partial charge < -0.3 is 24.5 Å². The molecule has 10 heteroatoms. The Hall–Kier alpha value is -4.63. The molecule has 3 aromatic carbocycles. The number of urea groups is 1. The van der Waals surface area contributed by atoms with Crippen molar-refractivity contribution in [2.45, 2.75) is 6.54 Å². The molecule has 2 N–H and O–H groups in total. The van der Waals surface area contributed by atoms with Crippen molar-refractivity contribution < 1.29 is 14.1 Å². The highest BCUT2D eigenvalue weighted by molar-refractivity contribution is 6.30. The van der Waals surface area contributed by atoms with Crippen LogP contribution in [0.15, 0.2) is 89.8 Å². The number of carbonyl (C=O) groups is 1. The molecule has 9 nitrogen and oxygen atoms in total. The number of amides is 2. The molecule has 5 aromatic rings. The topological polar surface area (TPSA) is 107 Å². The van der Waals surface area contributed by atoms with Crippen LogP contribution < -0.4 is 15.4 Å². The van der Waals surface area contributed by atoms with Gasteiger partial charge >= 0.3 is 6.03 Å². The Bertz CT molecular complexity index is 1480. The lowest BCUT2D eigenvalue weighted by Gasteiger charge is -2.11. The minimum Gasteiger partial charge on any atom is -0.495 e. The summed E-state index contributed by atoms with van der Waals surface area (Å²) in [5, 5.41) is 10.3. The molecule has 0 spiro atoms. The largest absolute Gasteiger partial charge is 0.495 e. The Labute approximate surface area is 211 Å². The van der Waals surface area contributed by atoms with E-state index < -0.39 is 0 Å². The second kappa shape index (κ2) is 10.3. The van der Waals surface area contributed by atoms with Gasteiger partial charge in [-0.3, -0.25) is 0 Å². The van der Waals surface area contributed by atoms with Crippen molar-refractivity contribution in [3.63, 3.8) is 0 Å². The Morgan fingerprint density at radius 2 is 1.81 bits per heavy atom. The average Bonchev–Trinajstić information content (AvgIpc) is 3.56. The van der Waals surface area contributed by atoms with Crippen molar-refractivity contribution in [2.75, 3.05) is 17.7 Å². The van der Waals surface area contributed by atoms with E-state index in [1.54, 1.807) is 37.7 Å². The number of rotatable bonds is 7. The van der Waals surface area contributed by atoms with E-state index in [9.17, 15) is 4.79 Å². The SMILES string of the molecule is COc1ccccc1NC(=O)Nc1ccc(Cn2cnc(-c3nc(-c4ccc(Cl)cc4)no3)c2)cc1. The summed E-state index contributed by atoms with van der Waals surface area (Å²) in [6.45, 7) is 0.582. The fraction of sp³-hybridized carbons (Fsp3) is 0.0769. The van der Waals surface area contributed by atoms with Gasteiger partial charge in [-0.2, -0.15) is 4.98 Å². The van der Waals surface area contributed by atoms with E-state index in [1.807, 2.05) is 59.3 Å². The van der Waals surface area contributed by atoms with E-state index in [4.69, 9.17) is 20.9 Å². The van der Waals surface area contributed by atoms with Gasteiger partial charge in [0.2, 0.25) is 5.82 Å². The normalized spacial score (nSPS) is 10.7. The number of carbonyl (C=O) groups excluding carboxylic acids is 1. The third kappa shape index (κ3) is 5.37. The van der Waals surface area contributed by atoms with E-state index in [0.717, 1.165) is 11.1 Å². The Balaban J connectivity index is 1.20. The number of methoxy groups -OCH3 is 1. The molecule has 2 amide bonds. The lowest BCUT2D eigenvalue weighted by atomic mass is 10.2. The zero-order chi connectivity index (χ0) is 24.9. The number of ether oxygens (including phenoxy) is 1. The van der Waals surface area contributed by atoms with Crippen molar-refractivity contribution in [1.29, 1.82) is 0 Å². The van der Waals surface area contributed by atoms with Crippen molar-refractivity contribution in [1.82, 2.24) is 19.7 Å². The number of imidazole rings is 1. The second-order valence-electron chi connectivity index (χ2n) is 7.84. The van der Waals surface area contributed by atoms with Crippen LogP contribution in [-0.2, 0) is 6.54 Å². The first-order valence-corrected chi connectivity index (χ1v) is 11.4. The van der Waals surface area contributed by atoms with Crippen molar-refractivity contribution in [3.8, 4) is 28.7 Å². The predicted molar refractivity (Wildman–Crippen MR) is 137 cm³/mol. The number of aromatic nitrogens is 4. The molecule has 180 valence electrons. The number of halogens is 1. The Morgan fingerprint density at radius 1 is 1.03 bits per heavy atom. The van der Waals surface area contributed by atoms with E-state index in [2.05, 4.69) is 25.8 Å². The number of nitrogens with one attached hydrogen (secondary N) is 2. The van der Waals surface area contributed by atoms with Crippen LogP contribution in [-0.4, -0.2) is 32.8 Å². The first-order valence-electron chi connectivity index (χ1n) is 11.0. The van der Waals surface area contributed by atoms with Gasteiger partial charge in [0, 0.05) is 29.0 Å². The average molecular weight is 501 g/mol. The predicted octanol–water partition coefficient (Wildman–Crippen LogP) is 5.95. The fourth-order valence-electron chi connectivity index (χ4n) is 3.54. The van der Waals surface area contributed by atoms with E-state index >= 15 is 0 Å². The molecule has 0 fully saturated rings. The van der Waals surface area contributed by atoms with Crippen LogP contribution in [0.2, 0.25) is 5.02 Å². The van der Waals surface area contributed by atoms with E-state index in [1.165, 1.54) is 0 Å². The quantitative estimate of drug-likeness (QED) is 0.286. The molecule has 5 rings (SSSR count). The van der Waals surface area contributed by atoms with Crippen LogP contribution >= 0.6 is 11.6 Å². The lowest BCUT2D eigenvalue weighted by Crippen LogP contribution is -2.19. The van der Waals surface area contributed by atoms with Gasteiger partial charge in [-0.15, -0.1) is 0 Å². The summed E-state index contributed by atoms with van der Waals surface area (Å²) in [6, 6.07) is 21.6. The molecule has 0 saturated carbocycles. The molecule has 2 heterocycles. The summed E-state index contributed by atoms with van der Waals surface area (Å²) < 4.78 is 12.6. The number of hydrogen-bond donors (Lipinski definition) is 2. The summed E-state index contributed by atoms with van der Waals surface area (Å²) in [5.74, 6) is 1.39. The van der Waals surface area contributed by atoms with Crippen molar-refractivity contribution in [2.24, 2.45) is 0 Å². The number of anilines is 2. The van der Waals surface area contributed by atoms with Gasteiger partial charge in [0.1, 0.15) is 11.4 Å². The number of para-hydroxylation sites is 2. The van der Waals surface area contributed by atoms with Crippen LogP contribution in [0.25, 0.3) is 23.0 Å². The molecule has 0 saturated heterocycles. The van der Waals surface area contributed by atoms with Gasteiger partial charge in [0.15, 0.2) is 0 Å². The molecule has 36 heavy (non-hydrogen) atoms. The van der Waals surface area contributed by atoms with Gasteiger partial charge in [0.05, 0.1) is 19.1 Å². The number of hydrogen-bond acceptors (Lipinski definition) is 6. The maximum atomic E-state index is 12.4. The zero-order valence-corrected chi connectivity index (χ0v) is 19.9. The summed E-state index contributed by atoms with van der Waals surface area (Å²) in [5.41, 5.74) is 3.67. The van der Waals surface area contributed by atoms with Crippen LogP contribution in [0, 0.1) is 0 Å². The van der Waals surface area contributed by atoms with Crippen LogP contribution in [0.3, 0.4) is 0 Å². The van der Waals surface area contributed by atoms with Gasteiger partial charge in [-0.1, -0.05) is 41.0 Å². The molecule has 0 unspecified atom stereocenters. The summed E-state index contributed by atoms with van der Waals surface area (Å²) >= 11 is 5.94. The molecule has 0 aliphatic rings. The number of nitrogens with zero attached hydrogens (tertiary/aromatic N) is 4. The highest BCUT2D eigenvalue weighted by atomic mass is 35.5. The zero-order valence-electron chi connectivity index (χ0n) is 19.2. The van der Waals surface area contributed by atoms with Gasteiger partial charge in [-0.05, 0) is 54.1 Å². The molecule has 0 radical (unpaired) electrons. The summed E-state index contributed by atoms with van der Waals surface area (Å²) in [6.07, 6.45) is 3.54. The third-order valence-electron chi connectivity index (χ3n) is 5.31. The molecule has 0 atom stereocenters. The molecule has 2 aromatic heterocycles. The second-order valence-corrected chi connectivity index (χ2v) is 8.27. The van der Waals surface area contributed by atoms with Crippen molar-refractivity contribution >= 4 is 29.0 Å². The maximum Gasteiger partial charge on any atom is 0.323 e. The minimum absolute atomic E-state index is 0.333.